The number of hydrogen-bond donors (Lipinski definition) is 1. The monoisotopic (exact) mass is 388 g/mol. The number of methoxy groups -OCH3 is 1. The number of thioether (sulfide) groups is 1. The zero-order chi connectivity index (χ0) is 19.6. The summed E-state index contributed by atoms with van der Waals surface area (Å²) in [6.07, 6.45) is 1.06. The number of amides is 1. The van der Waals surface area contributed by atoms with Crippen molar-refractivity contribution in [2.75, 3.05) is 32.1 Å². The van der Waals surface area contributed by atoms with E-state index >= 15 is 0 Å². The predicted molar refractivity (Wildman–Crippen MR) is 110 cm³/mol. The molecule has 0 bridgehead atoms. The lowest BCUT2D eigenvalue weighted by molar-refractivity contribution is 0.0956. The third-order valence-electron chi connectivity index (χ3n) is 3.91. The summed E-state index contributed by atoms with van der Waals surface area (Å²) in [5.74, 6) is 1.60. The average Bonchev–Trinajstić information content (AvgIpc) is 2.67. The maximum atomic E-state index is 11.8. The van der Waals surface area contributed by atoms with Crippen LogP contribution < -0.4 is 10.2 Å². The topological polar surface area (TPSA) is 67.3 Å². The van der Waals surface area contributed by atoms with Crippen LogP contribution in [-0.2, 0) is 17.1 Å². The molecule has 0 fully saturated rings. The lowest BCUT2D eigenvalue weighted by Gasteiger charge is -2.18. The summed E-state index contributed by atoms with van der Waals surface area (Å²) in [7, 11) is 3.71. The Kier molecular flexibility index (Phi) is 8.54. The van der Waals surface area contributed by atoms with E-state index < -0.39 is 0 Å². The Labute approximate surface area is 165 Å². The van der Waals surface area contributed by atoms with Crippen molar-refractivity contribution in [1.29, 1.82) is 0 Å². The summed E-state index contributed by atoms with van der Waals surface area (Å²) in [4.78, 5) is 23.2. The average molecular weight is 389 g/mol. The van der Waals surface area contributed by atoms with E-state index in [0.29, 0.717) is 18.7 Å². The number of aromatic nitrogens is 2. The summed E-state index contributed by atoms with van der Waals surface area (Å²) in [6, 6.07) is 9.62. The molecule has 0 saturated heterocycles. The van der Waals surface area contributed by atoms with E-state index in [2.05, 4.69) is 27.1 Å². The normalized spacial score (nSPS) is 10.7. The molecular formula is C20H28N4O2S. The van der Waals surface area contributed by atoms with Gasteiger partial charge in [0.25, 0.3) is 5.91 Å². The van der Waals surface area contributed by atoms with Crippen LogP contribution in [0.25, 0.3) is 0 Å². The maximum Gasteiger partial charge on any atom is 0.251 e. The molecule has 1 N–H and O–H groups in total. The number of nitrogens with zero attached hydrogens (tertiary/aromatic N) is 3. The minimum atomic E-state index is -0.0455. The zero-order valence-corrected chi connectivity index (χ0v) is 17.3. The van der Waals surface area contributed by atoms with Crippen LogP contribution in [0, 0.1) is 0 Å². The molecule has 1 aromatic heterocycles. The number of carbonyl (C=O) groups is 1. The summed E-state index contributed by atoms with van der Waals surface area (Å²) >= 11 is 1.58. The van der Waals surface area contributed by atoms with Gasteiger partial charge in [-0.05, 0) is 31.0 Å². The van der Waals surface area contributed by atoms with Crippen LogP contribution in [0.2, 0.25) is 0 Å². The second kappa shape index (κ2) is 10.9. The zero-order valence-electron chi connectivity index (χ0n) is 16.5. The van der Waals surface area contributed by atoms with Crippen LogP contribution in [0.3, 0.4) is 0 Å². The number of rotatable bonds is 10. The molecule has 2 aromatic rings. The molecule has 1 aromatic carbocycles. The van der Waals surface area contributed by atoms with Crippen molar-refractivity contribution in [3.63, 3.8) is 0 Å². The smallest absolute Gasteiger partial charge is 0.251 e. The highest BCUT2D eigenvalue weighted by molar-refractivity contribution is 7.98. The van der Waals surface area contributed by atoms with Crippen molar-refractivity contribution in [2.24, 2.45) is 0 Å². The molecule has 0 atom stereocenters. The van der Waals surface area contributed by atoms with E-state index in [1.165, 1.54) is 0 Å². The summed E-state index contributed by atoms with van der Waals surface area (Å²) in [5.41, 5.74) is 2.67. The van der Waals surface area contributed by atoms with Gasteiger partial charge in [-0.3, -0.25) is 4.79 Å². The number of nitrogens with one attached hydrogen (secondary N) is 1. The van der Waals surface area contributed by atoms with Crippen LogP contribution >= 0.6 is 11.8 Å². The van der Waals surface area contributed by atoms with Crippen molar-refractivity contribution in [3.05, 3.63) is 47.2 Å². The Morgan fingerprint density at radius 1 is 1.22 bits per heavy atom. The molecule has 146 valence electrons. The maximum absolute atomic E-state index is 11.8. The lowest BCUT2D eigenvalue weighted by Crippen LogP contribution is -2.22. The van der Waals surface area contributed by atoms with Gasteiger partial charge in [0.15, 0.2) is 5.16 Å². The van der Waals surface area contributed by atoms with E-state index in [1.54, 1.807) is 18.9 Å². The molecule has 0 saturated carbocycles. The van der Waals surface area contributed by atoms with E-state index in [-0.39, 0.29) is 5.91 Å². The number of carbonyl (C=O) groups excluding carboxylic acids is 1. The van der Waals surface area contributed by atoms with Gasteiger partial charge in [0.1, 0.15) is 5.82 Å². The van der Waals surface area contributed by atoms with Crippen molar-refractivity contribution in [1.82, 2.24) is 15.3 Å². The van der Waals surface area contributed by atoms with Gasteiger partial charge in [-0.1, -0.05) is 30.8 Å². The van der Waals surface area contributed by atoms with E-state index in [0.717, 1.165) is 41.0 Å². The van der Waals surface area contributed by atoms with E-state index in [1.807, 2.05) is 44.3 Å². The minimum Gasteiger partial charge on any atom is -0.378 e. The van der Waals surface area contributed by atoms with Crippen LogP contribution in [0.5, 0.6) is 0 Å². The summed E-state index contributed by atoms with van der Waals surface area (Å²) in [5, 5.41) is 3.54. The Morgan fingerprint density at radius 3 is 2.59 bits per heavy atom. The molecule has 1 heterocycles. The lowest BCUT2D eigenvalue weighted by atomic mass is 10.1. The Balaban J connectivity index is 2.08. The number of hydrogen-bond acceptors (Lipinski definition) is 6. The number of ether oxygens (including phenoxy) is 1. The van der Waals surface area contributed by atoms with Gasteiger partial charge in [-0.25, -0.2) is 9.97 Å². The molecule has 0 aliphatic heterocycles. The summed E-state index contributed by atoms with van der Waals surface area (Å²) in [6.45, 7) is 6.08. The minimum absolute atomic E-state index is 0.0455. The molecule has 0 radical (unpaired) electrons. The quantitative estimate of drug-likeness (QED) is 0.496. The first-order valence-corrected chi connectivity index (χ1v) is 10.1. The standard InChI is InChI=1S/C20H28N4O2S/c1-5-11-24(3)18-12-17(13-26-4)22-20(23-18)27-14-15-7-9-16(10-8-15)19(25)21-6-2/h7-10,12H,5-6,11,13-14H2,1-4H3,(H,21,25). The van der Waals surface area contributed by atoms with Crippen LogP contribution in [0.15, 0.2) is 35.5 Å². The fourth-order valence-electron chi connectivity index (χ4n) is 2.55. The highest BCUT2D eigenvalue weighted by Gasteiger charge is 2.10. The van der Waals surface area contributed by atoms with Crippen LogP contribution in [0.1, 0.15) is 41.9 Å². The van der Waals surface area contributed by atoms with Crippen molar-refractivity contribution in [2.45, 2.75) is 37.8 Å². The molecule has 0 spiro atoms. The number of anilines is 1. The van der Waals surface area contributed by atoms with Gasteiger partial charge in [-0.15, -0.1) is 0 Å². The van der Waals surface area contributed by atoms with Gasteiger partial charge in [0.2, 0.25) is 0 Å². The molecule has 0 unspecified atom stereocenters. The first-order chi connectivity index (χ1) is 13.1. The molecule has 2 rings (SSSR count). The van der Waals surface area contributed by atoms with Gasteiger partial charge in [-0.2, -0.15) is 0 Å². The van der Waals surface area contributed by atoms with Crippen molar-refractivity contribution >= 4 is 23.5 Å². The fourth-order valence-corrected chi connectivity index (χ4v) is 3.38. The van der Waals surface area contributed by atoms with Crippen LogP contribution in [-0.4, -0.2) is 43.1 Å². The highest BCUT2D eigenvalue weighted by Crippen LogP contribution is 2.23. The van der Waals surface area contributed by atoms with Gasteiger partial charge < -0.3 is 15.0 Å². The van der Waals surface area contributed by atoms with Crippen LogP contribution in [0.4, 0.5) is 5.82 Å². The fraction of sp³-hybridized carbons (Fsp3) is 0.450. The summed E-state index contributed by atoms with van der Waals surface area (Å²) < 4.78 is 5.24. The van der Waals surface area contributed by atoms with Gasteiger partial charge in [0.05, 0.1) is 12.3 Å². The molecule has 6 nitrogen and oxygen atoms in total. The first kappa shape index (κ1) is 21.2. The molecule has 0 aliphatic carbocycles. The Hall–Kier alpha value is -2.12. The number of benzene rings is 1. The van der Waals surface area contributed by atoms with Gasteiger partial charge in [0, 0.05) is 44.6 Å². The third-order valence-corrected chi connectivity index (χ3v) is 4.83. The second-order valence-corrected chi connectivity index (χ2v) is 7.14. The van der Waals surface area contributed by atoms with Crippen molar-refractivity contribution < 1.29 is 9.53 Å². The third kappa shape index (κ3) is 6.52. The molecule has 27 heavy (non-hydrogen) atoms. The molecule has 0 aliphatic rings. The Morgan fingerprint density at radius 2 is 1.96 bits per heavy atom. The molecule has 7 heteroatoms. The molecular weight excluding hydrogens is 360 g/mol. The largest absolute Gasteiger partial charge is 0.378 e. The van der Waals surface area contributed by atoms with Crippen molar-refractivity contribution in [3.8, 4) is 0 Å². The predicted octanol–water partition coefficient (Wildman–Crippen LogP) is 3.51. The van der Waals surface area contributed by atoms with E-state index in [9.17, 15) is 4.79 Å². The SMILES string of the molecule is CCCN(C)c1cc(COC)nc(SCc2ccc(C(=O)NCC)cc2)n1. The van der Waals surface area contributed by atoms with Gasteiger partial charge >= 0.3 is 0 Å². The molecule has 1 amide bonds. The highest BCUT2D eigenvalue weighted by atomic mass is 32.2. The Bertz CT molecular complexity index is 737. The van der Waals surface area contributed by atoms with E-state index in [4.69, 9.17) is 4.74 Å². The first-order valence-electron chi connectivity index (χ1n) is 9.15. The second-order valence-electron chi connectivity index (χ2n) is 6.20.